The van der Waals surface area contributed by atoms with Gasteiger partial charge in [0, 0.05) is 26.2 Å². The molecule has 0 aliphatic carbocycles. The molecule has 1 aliphatic rings. The van der Waals surface area contributed by atoms with Gasteiger partial charge in [-0.1, -0.05) is 0 Å². The number of methoxy groups -OCH3 is 1. The molecule has 1 atom stereocenters. The van der Waals surface area contributed by atoms with E-state index in [2.05, 4.69) is 10.1 Å². The summed E-state index contributed by atoms with van der Waals surface area (Å²) in [5.41, 5.74) is 0.394. The number of rotatable bonds is 8. The number of aromatic nitrogens is 3. The number of hydrogen-bond donors (Lipinski definition) is 0. The zero-order valence-electron chi connectivity index (χ0n) is 14.1. The SMILES string of the molecule is COCCc1nc(COC[C@H]2CCCO2)n(-c2ccc(F)c(F)c2)n1. The van der Waals surface area contributed by atoms with E-state index in [0.29, 0.717) is 37.0 Å². The number of benzene rings is 1. The third kappa shape index (κ3) is 4.59. The van der Waals surface area contributed by atoms with E-state index in [0.717, 1.165) is 31.6 Å². The number of ether oxygens (including phenoxy) is 3. The third-order valence-electron chi connectivity index (χ3n) is 3.95. The summed E-state index contributed by atoms with van der Waals surface area (Å²) < 4.78 is 44.5. The van der Waals surface area contributed by atoms with Crippen LogP contribution in [0.4, 0.5) is 8.78 Å². The zero-order valence-corrected chi connectivity index (χ0v) is 14.1. The summed E-state index contributed by atoms with van der Waals surface area (Å²) in [6.45, 7) is 1.91. The van der Waals surface area contributed by atoms with Crippen molar-refractivity contribution in [2.75, 3.05) is 26.9 Å². The second-order valence-corrected chi connectivity index (χ2v) is 5.85. The van der Waals surface area contributed by atoms with Gasteiger partial charge >= 0.3 is 0 Å². The number of halogens is 2. The molecule has 25 heavy (non-hydrogen) atoms. The predicted octanol–water partition coefficient (Wildman–Crippen LogP) is 2.43. The Morgan fingerprint density at radius 3 is 2.92 bits per heavy atom. The van der Waals surface area contributed by atoms with Crippen LogP contribution in [-0.4, -0.2) is 47.8 Å². The van der Waals surface area contributed by atoms with Crippen molar-refractivity contribution in [3.63, 3.8) is 0 Å². The normalized spacial score (nSPS) is 17.3. The molecule has 1 fully saturated rings. The molecule has 1 saturated heterocycles. The minimum absolute atomic E-state index is 0.104. The standard InChI is InChI=1S/C17H21F2N3O3/c1-23-8-6-16-20-17(11-24-10-13-3-2-7-25-13)22(21-16)12-4-5-14(18)15(19)9-12/h4-5,9,13H,2-3,6-8,10-11H2,1H3/t13-/m1/s1. The van der Waals surface area contributed by atoms with Crippen molar-refractivity contribution in [1.29, 1.82) is 0 Å². The molecule has 2 heterocycles. The van der Waals surface area contributed by atoms with Crippen LogP contribution in [0.5, 0.6) is 0 Å². The van der Waals surface area contributed by atoms with Gasteiger partial charge in [0.1, 0.15) is 6.61 Å². The summed E-state index contributed by atoms with van der Waals surface area (Å²) in [7, 11) is 1.60. The topological polar surface area (TPSA) is 58.4 Å². The van der Waals surface area contributed by atoms with Crippen LogP contribution in [0.2, 0.25) is 0 Å². The molecule has 136 valence electrons. The summed E-state index contributed by atoms with van der Waals surface area (Å²) in [4.78, 5) is 4.43. The van der Waals surface area contributed by atoms with Gasteiger partial charge in [0.05, 0.1) is 25.0 Å². The lowest BCUT2D eigenvalue weighted by Gasteiger charge is -2.10. The minimum atomic E-state index is -0.933. The van der Waals surface area contributed by atoms with Crippen LogP contribution in [0.1, 0.15) is 24.5 Å². The summed E-state index contributed by atoms with van der Waals surface area (Å²) in [5, 5.41) is 4.36. The Labute approximate surface area is 144 Å². The molecule has 1 aromatic carbocycles. The van der Waals surface area contributed by atoms with Crippen LogP contribution >= 0.6 is 0 Å². The Hall–Kier alpha value is -1.90. The largest absolute Gasteiger partial charge is 0.384 e. The first-order valence-corrected chi connectivity index (χ1v) is 8.26. The molecule has 0 saturated carbocycles. The summed E-state index contributed by atoms with van der Waals surface area (Å²) >= 11 is 0. The maximum atomic E-state index is 13.6. The molecule has 0 N–H and O–H groups in total. The van der Waals surface area contributed by atoms with Crippen molar-refractivity contribution in [3.05, 3.63) is 41.5 Å². The average Bonchev–Trinajstić information content (AvgIpc) is 3.25. The van der Waals surface area contributed by atoms with Gasteiger partial charge in [-0.25, -0.2) is 18.4 Å². The summed E-state index contributed by atoms with van der Waals surface area (Å²) in [6.07, 6.45) is 2.65. The highest BCUT2D eigenvalue weighted by atomic mass is 19.2. The lowest BCUT2D eigenvalue weighted by Crippen LogP contribution is -2.15. The summed E-state index contributed by atoms with van der Waals surface area (Å²) in [5.74, 6) is -0.755. The molecule has 8 heteroatoms. The van der Waals surface area contributed by atoms with E-state index >= 15 is 0 Å². The average molecular weight is 353 g/mol. The predicted molar refractivity (Wildman–Crippen MR) is 85.5 cm³/mol. The maximum absolute atomic E-state index is 13.6. The molecular formula is C17H21F2N3O3. The Bertz CT molecular complexity index is 702. The first kappa shape index (κ1) is 17.9. The van der Waals surface area contributed by atoms with Crippen LogP contribution < -0.4 is 0 Å². The number of nitrogens with zero attached hydrogens (tertiary/aromatic N) is 3. The highest BCUT2D eigenvalue weighted by Crippen LogP contribution is 2.16. The van der Waals surface area contributed by atoms with E-state index in [1.807, 2.05) is 0 Å². The first-order chi connectivity index (χ1) is 12.2. The van der Waals surface area contributed by atoms with Gasteiger partial charge in [0.15, 0.2) is 23.3 Å². The van der Waals surface area contributed by atoms with Gasteiger partial charge < -0.3 is 14.2 Å². The molecule has 2 aromatic rings. The Morgan fingerprint density at radius 2 is 2.20 bits per heavy atom. The van der Waals surface area contributed by atoms with Crippen molar-refractivity contribution in [2.24, 2.45) is 0 Å². The van der Waals surface area contributed by atoms with E-state index in [1.54, 1.807) is 7.11 Å². The Morgan fingerprint density at radius 1 is 1.32 bits per heavy atom. The van der Waals surface area contributed by atoms with Gasteiger partial charge in [0.25, 0.3) is 0 Å². The van der Waals surface area contributed by atoms with Crippen LogP contribution in [0.25, 0.3) is 5.69 Å². The Balaban J connectivity index is 1.76. The van der Waals surface area contributed by atoms with Gasteiger partial charge in [-0.3, -0.25) is 0 Å². The molecule has 0 amide bonds. The lowest BCUT2D eigenvalue weighted by molar-refractivity contribution is 0.00816. The van der Waals surface area contributed by atoms with Crippen LogP contribution in [0.15, 0.2) is 18.2 Å². The van der Waals surface area contributed by atoms with E-state index in [4.69, 9.17) is 14.2 Å². The molecular weight excluding hydrogens is 332 g/mol. The fraction of sp³-hybridized carbons (Fsp3) is 0.529. The third-order valence-corrected chi connectivity index (χ3v) is 3.95. The molecule has 0 unspecified atom stereocenters. The minimum Gasteiger partial charge on any atom is -0.384 e. The molecule has 3 rings (SSSR count). The maximum Gasteiger partial charge on any atom is 0.160 e. The van der Waals surface area contributed by atoms with Crippen LogP contribution in [0, 0.1) is 11.6 Å². The zero-order chi connectivity index (χ0) is 17.6. The van der Waals surface area contributed by atoms with Crippen LogP contribution in [0.3, 0.4) is 0 Å². The van der Waals surface area contributed by atoms with E-state index < -0.39 is 11.6 Å². The molecule has 1 aliphatic heterocycles. The lowest BCUT2D eigenvalue weighted by atomic mass is 10.2. The quantitative estimate of drug-likeness (QED) is 0.730. The Kier molecular flexibility index (Phi) is 6.06. The van der Waals surface area contributed by atoms with Crippen molar-refractivity contribution >= 4 is 0 Å². The van der Waals surface area contributed by atoms with Crippen LogP contribution in [-0.2, 0) is 27.2 Å². The fourth-order valence-corrected chi connectivity index (χ4v) is 2.67. The van der Waals surface area contributed by atoms with Crippen molar-refractivity contribution < 1.29 is 23.0 Å². The van der Waals surface area contributed by atoms with Crippen molar-refractivity contribution in [1.82, 2.24) is 14.8 Å². The van der Waals surface area contributed by atoms with E-state index in [1.165, 1.54) is 10.7 Å². The van der Waals surface area contributed by atoms with Gasteiger partial charge in [0.2, 0.25) is 0 Å². The first-order valence-electron chi connectivity index (χ1n) is 8.26. The molecule has 0 bridgehead atoms. The van der Waals surface area contributed by atoms with E-state index in [9.17, 15) is 8.78 Å². The smallest absolute Gasteiger partial charge is 0.160 e. The fourth-order valence-electron chi connectivity index (χ4n) is 2.67. The summed E-state index contributed by atoms with van der Waals surface area (Å²) in [6, 6.07) is 3.61. The number of hydrogen-bond acceptors (Lipinski definition) is 5. The molecule has 1 aromatic heterocycles. The molecule has 0 radical (unpaired) electrons. The van der Waals surface area contributed by atoms with Crippen molar-refractivity contribution in [2.45, 2.75) is 32.0 Å². The van der Waals surface area contributed by atoms with Crippen molar-refractivity contribution in [3.8, 4) is 5.69 Å². The highest BCUT2D eigenvalue weighted by Gasteiger charge is 2.17. The molecule has 0 spiro atoms. The second-order valence-electron chi connectivity index (χ2n) is 5.85. The van der Waals surface area contributed by atoms with E-state index in [-0.39, 0.29) is 12.7 Å². The van der Waals surface area contributed by atoms with Gasteiger partial charge in [-0.15, -0.1) is 0 Å². The molecule has 6 nitrogen and oxygen atoms in total. The van der Waals surface area contributed by atoms with Gasteiger partial charge in [-0.05, 0) is 25.0 Å². The highest BCUT2D eigenvalue weighted by molar-refractivity contribution is 5.32. The second kappa shape index (κ2) is 8.46. The monoisotopic (exact) mass is 353 g/mol. The van der Waals surface area contributed by atoms with Gasteiger partial charge in [-0.2, -0.15) is 5.10 Å².